The summed E-state index contributed by atoms with van der Waals surface area (Å²) in [4.78, 5) is 29.4. The molecule has 0 aliphatic carbocycles. The second-order valence-electron chi connectivity index (χ2n) is 4.57. The van der Waals surface area contributed by atoms with Crippen molar-refractivity contribution in [1.82, 2.24) is 9.88 Å². The van der Waals surface area contributed by atoms with E-state index >= 15 is 0 Å². The van der Waals surface area contributed by atoms with E-state index in [2.05, 4.69) is 26.2 Å². The first-order valence-corrected chi connectivity index (χ1v) is 7.02. The van der Waals surface area contributed by atoms with Gasteiger partial charge in [-0.15, -0.1) is 0 Å². The maximum atomic E-state index is 12.1. The molecule has 0 saturated carbocycles. The first-order chi connectivity index (χ1) is 9.99. The van der Waals surface area contributed by atoms with Crippen LogP contribution in [0.4, 0.5) is 5.69 Å². The molecule has 0 atom stereocenters. The van der Waals surface area contributed by atoms with Gasteiger partial charge in [0.2, 0.25) is 0 Å². The van der Waals surface area contributed by atoms with E-state index in [4.69, 9.17) is 0 Å². The molecule has 0 bridgehead atoms. The van der Waals surface area contributed by atoms with Gasteiger partial charge in [-0.2, -0.15) is 0 Å². The Hall–Kier alpha value is -2.21. The summed E-state index contributed by atoms with van der Waals surface area (Å²) in [7, 11) is 3.38. The molecule has 2 aromatic rings. The molecule has 0 radical (unpaired) electrons. The van der Waals surface area contributed by atoms with Crippen LogP contribution in [0.15, 0.2) is 47.2 Å². The van der Waals surface area contributed by atoms with Crippen molar-refractivity contribution in [1.29, 1.82) is 0 Å². The molecule has 1 heterocycles. The van der Waals surface area contributed by atoms with Gasteiger partial charge in [0.15, 0.2) is 0 Å². The van der Waals surface area contributed by atoms with Crippen molar-refractivity contribution in [3.05, 3.63) is 58.3 Å². The van der Waals surface area contributed by atoms with Crippen molar-refractivity contribution in [3.63, 3.8) is 0 Å². The molecule has 0 aliphatic heterocycles. The predicted octanol–water partition coefficient (Wildman–Crippen LogP) is 2.80. The Morgan fingerprint density at radius 3 is 2.38 bits per heavy atom. The number of hydrogen-bond acceptors (Lipinski definition) is 3. The Bertz CT molecular complexity index is 669. The van der Waals surface area contributed by atoms with E-state index in [9.17, 15) is 9.59 Å². The zero-order valence-corrected chi connectivity index (χ0v) is 13.2. The van der Waals surface area contributed by atoms with Crippen LogP contribution in [-0.2, 0) is 0 Å². The Kier molecular flexibility index (Phi) is 4.70. The van der Waals surface area contributed by atoms with Gasteiger partial charge in [0, 0.05) is 31.5 Å². The van der Waals surface area contributed by atoms with Crippen molar-refractivity contribution in [2.24, 2.45) is 0 Å². The Morgan fingerprint density at radius 1 is 1.14 bits per heavy atom. The normalized spacial score (nSPS) is 10.0. The van der Waals surface area contributed by atoms with Crippen molar-refractivity contribution in [2.75, 3.05) is 19.4 Å². The second-order valence-corrected chi connectivity index (χ2v) is 5.32. The number of carbonyl (C=O) groups excluding carboxylic acids is 2. The predicted molar refractivity (Wildman–Crippen MR) is 84.3 cm³/mol. The fraction of sp³-hybridized carbons (Fsp3) is 0.133. The number of amides is 2. The smallest absolute Gasteiger partial charge is 0.258 e. The van der Waals surface area contributed by atoms with Crippen molar-refractivity contribution in [2.45, 2.75) is 0 Å². The van der Waals surface area contributed by atoms with Gasteiger partial charge >= 0.3 is 0 Å². The number of hydrogen-bond donors (Lipinski definition) is 1. The van der Waals surface area contributed by atoms with Crippen molar-refractivity contribution >= 4 is 33.4 Å². The summed E-state index contributed by atoms with van der Waals surface area (Å²) in [5.74, 6) is -0.343. The standard InChI is InChI=1S/C15H14BrN3O2/c1-19(2)15(21)10-5-7-11(8-6-10)18-14(20)12-4-3-9-17-13(12)16/h3-9H,1-2H3,(H,18,20). The maximum Gasteiger partial charge on any atom is 0.258 e. The Labute approximate surface area is 131 Å². The number of carbonyl (C=O) groups is 2. The molecule has 6 heteroatoms. The molecule has 2 rings (SSSR count). The van der Waals surface area contributed by atoms with Crippen LogP contribution >= 0.6 is 15.9 Å². The van der Waals surface area contributed by atoms with Crippen LogP contribution in [0.3, 0.4) is 0 Å². The lowest BCUT2D eigenvalue weighted by molar-refractivity contribution is 0.0827. The molecule has 0 saturated heterocycles. The summed E-state index contributed by atoms with van der Waals surface area (Å²) in [6.45, 7) is 0. The van der Waals surface area contributed by atoms with Crippen molar-refractivity contribution in [3.8, 4) is 0 Å². The molecule has 21 heavy (non-hydrogen) atoms. The van der Waals surface area contributed by atoms with E-state index in [1.807, 2.05) is 0 Å². The van der Waals surface area contributed by atoms with E-state index in [0.29, 0.717) is 21.4 Å². The molecule has 1 aromatic heterocycles. The van der Waals surface area contributed by atoms with Gasteiger partial charge in [-0.25, -0.2) is 4.98 Å². The monoisotopic (exact) mass is 347 g/mol. The molecule has 0 spiro atoms. The lowest BCUT2D eigenvalue weighted by Crippen LogP contribution is -2.21. The first kappa shape index (κ1) is 15.2. The maximum absolute atomic E-state index is 12.1. The number of rotatable bonds is 3. The van der Waals surface area contributed by atoms with Gasteiger partial charge in [-0.3, -0.25) is 9.59 Å². The first-order valence-electron chi connectivity index (χ1n) is 6.22. The van der Waals surface area contributed by atoms with Crippen molar-refractivity contribution < 1.29 is 9.59 Å². The molecular formula is C15H14BrN3O2. The topological polar surface area (TPSA) is 62.3 Å². The molecule has 0 aliphatic rings. The van der Waals surface area contributed by atoms with Gasteiger partial charge in [-0.05, 0) is 52.3 Å². The summed E-state index contributed by atoms with van der Waals surface area (Å²) >= 11 is 3.23. The van der Waals surface area contributed by atoms with E-state index in [0.717, 1.165) is 0 Å². The van der Waals surface area contributed by atoms with Crippen LogP contribution in [0, 0.1) is 0 Å². The zero-order chi connectivity index (χ0) is 15.4. The highest BCUT2D eigenvalue weighted by Crippen LogP contribution is 2.16. The quantitative estimate of drug-likeness (QED) is 0.868. The minimum absolute atomic E-state index is 0.0807. The van der Waals surface area contributed by atoms with Gasteiger partial charge in [-0.1, -0.05) is 0 Å². The third-order valence-corrected chi connectivity index (χ3v) is 3.43. The van der Waals surface area contributed by atoms with Crippen LogP contribution in [0.2, 0.25) is 0 Å². The van der Waals surface area contributed by atoms with Gasteiger partial charge in [0.25, 0.3) is 11.8 Å². The molecule has 2 amide bonds. The number of anilines is 1. The van der Waals surface area contributed by atoms with Gasteiger partial charge in [0.05, 0.1) is 5.56 Å². The highest BCUT2D eigenvalue weighted by atomic mass is 79.9. The summed E-state index contributed by atoms with van der Waals surface area (Å²) in [6.07, 6.45) is 1.60. The lowest BCUT2D eigenvalue weighted by Gasteiger charge is -2.11. The third kappa shape index (κ3) is 3.66. The van der Waals surface area contributed by atoms with Crippen LogP contribution < -0.4 is 5.32 Å². The van der Waals surface area contributed by atoms with Gasteiger partial charge in [0.1, 0.15) is 4.60 Å². The average Bonchev–Trinajstić information content (AvgIpc) is 2.47. The minimum atomic E-state index is -0.262. The van der Waals surface area contributed by atoms with E-state index in [-0.39, 0.29) is 11.8 Å². The number of halogens is 1. The average molecular weight is 348 g/mol. The number of nitrogens with one attached hydrogen (secondary N) is 1. The Balaban J connectivity index is 2.12. The summed E-state index contributed by atoms with van der Waals surface area (Å²) in [5.41, 5.74) is 1.64. The van der Waals surface area contributed by atoms with Crippen LogP contribution in [0.1, 0.15) is 20.7 Å². The number of benzene rings is 1. The lowest BCUT2D eigenvalue weighted by atomic mass is 10.2. The zero-order valence-electron chi connectivity index (χ0n) is 11.6. The van der Waals surface area contributed by atoms with Crippen LogP contribution in [-0.4, -0.2) is 35.8 Å². The largest absolute Gasteiger partial charge is 0.345 e. The van der Waals surface area contributed by atoms with E-state index in [1.165, 1.54) is 4.90 Å². The summed E-state index contributed by atoms with van der Waals surface area (Å²) in [5, 5.41) is 2.76. The fourth-order valence-corrected chi connectivity index (χ4v) is 2.14. The highest BCUT2D eigenvalue weighted by molar-refractivity contribution is 9.10. The van der Waals surface area contributed by atoms with E-state index < -0.39 is 0 Å². The molecular weight excluding hydrogens is 334 g/mol. The highest BCUT2D eigenvalue weighted by Gasteiger charge is 2.11. The molecule has 0 unspecified atom stereocenters. The number of aromatic nitrogens is 1. The second kappa shape index (κ2) is 6.49. The van der Waals surface area contributed by atoms with E-state index in [1.54, 1.807) is 56.7 Å². The minimum Gasteiger partial charge on any atom is -0.345 e. The fourth-order valence-electron chi connectivity index (χ4n) is 1.71. The SMILES string of the molecule is CN(C)C(=O)c1ccc(NC(=O)c2cccnc2Br)cc1. The number of pyridine rings is 1. The molecule has 1 N–H and O–H groups in total. The summed E-state index contributed by atoms with van der Waals surface area (Å²) in [6, 6.07) is 10.1. The molecule has 1 aromatic carbocycles. The Morgan fingerprint density at radius 2 is 1.81 bits per heavy atom. The molecule has 108 valence electrons. The summed E-state index contributed by atoms with van der Waals surface area (Å²) < 4.78 is 0.488. The van der Waals surface area contributed by atoms with Crippen LogP contribution in [0.25, 0.3) is 0 Å². The molecule has 0 fully saturated rings. The third-order valence-electron chi connectivity index (χ3n) is 2.80. The molecule has 5 nitrogen and oxygen atoms in total. The van der Waals surface area contributed by atoms with Gasteiger partial charge < -0.3 is 10.2 Å². The number of nitrogens with zero attached hydrogens (tertiary/aromatic N) is 2. The van der Waals surface area contributed by atoms with Crippen LogP contribution in [0.5, 0.6) is 0 Å².